The smallest absolute Gasteiger partial charge is 0.123 e. The fraction of sp³-hybridized carbons (Fsp3) is 0.444. The predicted molar refractivity (Wildman–Crippen MR) is 93.9 cm³/mol. The van der Waals surface area contributed by atoms with Gasteiger partial charge in [0.1, 0.15) is 10.7 Å². The number of fused-ring (bicyclic) bond motifs is 1. The fourth-order valence-corrected chi connectivity index (χ4v) is 4.78. The van der Waals surface area contributed by atoms with Crippen molar-refractivity contribution >= 4 is 16.2 Å². The second kappa shape index (κ2) is 5.73. The Morgan fingerprint density at radius 2 is 2.26 bits per heavy atom. The van der Waals surface area contributed by atoms with Gasteiger partial charge in [-0.3, -0.25) is 14.3 Å². The summed E-state index contributed by atoms with van der Waals surface area (Å²) in [5, 5.41) is 2.16. The van der Waals surface area contributed by atoms with Crippen molar-refractivity contribution in [3.8, 4) is 0 Å². The lowest BCUT2D eigenvalue weighted by Crippen LogP contribution is -2.44. The Labute approximate surface area is 140 Å². The van der Waals surface area contributed by atoms with E-state index >= 15 is 0 Å². The molecule has 3 aromatic heterocycles. The van der Waals surface area contributed by atoms with Crippen LogP contribution in [-0.2, 0) is 12.0 Å². The Balaban J connectivity index is 1.61. The van der Waals surface area contributed by atoms with Crippen molar-refractivity contribution in [2.45, 2.75) is 38.6 Å². The van der Waals surface area contributed by atoms with Gasteiger partial charge < -0.3 is 0 Å². The van der Waals surface area contributed by atoms with Crippen molar-refractivity contribution in [1.82, 2.24) is 19.3 Å². The Hall–Kier alpha value is -1.72. The van der Waals surface area contributed by atoms with E-state index in [0.29, 0.717) is 0 Å². The van der Waals surface area contributed by atoms with Crippen LogP contribution in [0.25, 0.3) is 4.83 Å². The van der Waals surface area contributed by atoms with Crippen LogP contribution in [0, 0.1) is 6.92 Å². The number of nitrogens with zero attached hydrogens (tertiary/aromatic N) is 4. The third-order valence-electron chi connectivity index (χ3n) is 4.89. The van der Waals surface area contributed by atoms with Crippen LogP contribution in [-0.4, -0.2) is 32.4 Å². The molecule has 0 radical (unpaired) electrons. The Kier molecular flexibility index (Phi) is 3.70. The minimum Gasteiger partial charge on any atom is -0.297 e. The molecule has 1 atom stereocenters. The second-order valence-corrected chi connectivity index (χ2v) is 7.68. The number of pyridine rings is 1. The molecule has 0 amide bonds. The molecule has 0 N–H and O–H groups in total. The maximum atomic E-state index is 4.92. The quantitative estimate of drug-likeness (QED) is 0.736. The van der Waals surface area contributed by atoms with Crippen molar-refractivity contribution in [1.29, 1.82) is 0 Å². The van der Waals surface area contributed by atoms with Gasteiger partial charge in [-0.2, -0.15) is 0 Å². The van der Waals surface area contributed by atoms with E-state index in [2.05, 4.69) is 51.8 Å². The molecular weight excluding hydrogens is 304 g/mol. The van der Waals surface area contributed by atoms with E-state index in [9.17, 15) is 0 Å². The molecule has 1 unspecified atom stereocenters. The van der Waals surface area contributed by atoms with E-state index in [1.54, 1.807) is 11.3 Å². The highest BCUT2D eigenvalue weighted by Crippen LogP contribution is 2.37. The number of imidazole rings is 1. The first-order valence-corrected chi connectivity index (χ1v) is 9.09. The SMILES string of the molecule is Cc1nc(C2(C)CCCN(Cc3ccccn3)C2)c2sccn12. The summed E-state index contributed by atoms with van der Waals surface area (Å²) in [6.07, 6.45) is 6.43. The molecule has 4 rings (SSSR count). The molecule has 4 nitrogen and oxygen atoms in total. The number of rotatable bonds is 3. The zero-order chi connectivity index (χ0) is 15.9. The third kappa shape index (κ3) is 2.68. The minimum atomic E-state index is 0.122. The number of hydrogen-bond acceptors (Lipinski definition) is 4. The standard InChI is InChI=1S/C18H22N4S/c1-14-20-16(17-22(14)10-11-23-17)18(2)7-5-9-21(13-18)12-15-6-3-4-8-19-15/h3-4,6,8,10-11H,5,7,9,12-13H2,1-2H3. The fourth-order valence-electron chi connectivity index (χ4n) is 3.76. The average molecular weight is 326 g/mol. The Morgan fingerprint density at radius 3 is 3.09 bits per heavy atom. The van der Waals surface area contributed by atoms with Crippen molar-refractivity contribution in [2.75, 3.05) is 13.1 Å². The van der Waals surface area contributed by atoms with Crippen LogP contribution in [0.5, 0.6) is 0 Å². The summed E-state index contributed by atoms with van der Waals surface area (Å²) in [5.74, 6) is 1.10. The lowest BCUT2D eigenvalue weighted by atomic mass is 9.79. The summed E-state index contributed by atoms with van der Waals surface area (Å²) in [7, 11) is 0. The summed E-state index contributed by atoms with van der Waals surface area (Å²) < 4.78 is 2.23. The number of likely N-dealkylation sites (tertiary alicyclic amines) is 1. The average Bonchev–Trinajstić information content (AvgIpc) is 3.13. The molecule has 23 heavy (non-hydrogen) atoms. The van der Waals surface area contributed by atoms with Crippen molar-refractivity contribution in [3.05, 3.63) is 53.2 Å². The number of hydrogen-bond donors (Lipinski definition) is 0. The van der Waals surface area contributed by atoms with E-state index < -0.39 is 0 Å². The first kappa shape index (κ1) is 14.8. The molecular formula is C18H22N4S. The topological polar surface area (TPSA) is 33.4 Å². The first-order valence-electron chi connectivity index (χ1n) is 8.21. The van der Waals surface area contributed by atoms with Crippen LogP contribution in [0.2, 0.25) is 0 Å². The van der Waals surface area contributed by atoms with E-state index in [0.717, 1.165) is 31.2 Å². The normalized spacial score (nSPS) is 22.7. The molecule has 1 saturated heterocycles. The van der Waals surface area contributed by atoms with Gasteiger partial charge in [-0.1, -0.05) is 13.0 Å². The summed E-state index contributed by atoms with van der Waals surface area (Å²) >= 11 is 1.80. The second-order valence-electron chi connectivity index (χ2n) is 6.78. The maximum Gasteiger partial charge on any atom is 0.123 e. The molecule has 3 aromatic rings. The van der Waals surface area contributed by atoms with Crippen molar-refractivity contribution in [2.24, 2.45) is 0 Å². The molecule has 0 aliphatic carbocycles. The lowest BCUT2D eigenvalue weighted by Gasteiger charge is -2.39. The Morgan fingerprint density at radius 1 is 1.35 bits per heavy atom. The lowest BCUT2D eigenvalue weighted by molar-refractivity contribution is 0.147. The van der Waals surface area contributed by atoms with Crippen molar-refractivity contribution in [3.63, 3.8) is 0 Å². The van der Waals surface area contributed by atoms with Gasteiger partial charge in [0.2, 0.25) is 0 Å². The molecule has 4 heterocycles. The largest absolute Gasteiger partial charge is 0.297 e. The first-order chi connectivity index (χ1) is 11.2. The van der Waals surface area contributed by atoms with Gasteiger partial charge in [-0.05, 0) is 38.4 Å². The summed E-state index contributed by atoms with van der Waals surface area (Å²) in [6.45, 7) is 7.59. The summed E-state index contributed by atoms with van der Waals surface area (Å²) in [6, 6.07) is 6.16. The van der Waals surface area contributed by atoms with E-state index in [4.69, 9.17) is 4.98 Å². The number of thiazole rings is 1. The molecule has 120 valence electrons. The Bertz CT molecular complexity index is 807. The van der Waals surface area contributed by atoms with E-state index in [1.807, 2.05) is 12.3 Å². The maximum absolute atomic E-state index is 4.92. The van der Waals surface area contributed by atoms with Gasteiger partial charge in [0.05, 0.1) is 11.4 Å². The molecule has 5 heteroatoms. The molecule has 1 aliphatic heterocycles. The number of aromatic nitrogens is 3. The summed E-state index contributed by atoms with van der Waals surface area (Å²) in [4.78, 5) is 13.2. The van der Waals surface area contributed by atoms with Gasteiger partial charge in [0.25, 0.3) is 0 Å². The van der Waals surface area contributed by atoms with Crippen LogP contribution in [0.1, 0.15) is 37.0 Å². The van der Waals surface area contributed by atoms with E-state index in [-0.39, 0.29) is 5.41 Å². The monoisotopic (exact) mass is 326 g/mol. The van der Waals surface area contributed by atoms with Gasteiger partial charge >= 0.3 is 0 Å². The van der Waals surface area contributed by atoms with Crippen LogP contribution in [0.15, 0.2) is 36.0 Å². The van der Waals surface area contributed by atoms with Gasteiger partial charge in [-0.25, -0.2) is 4.98 Å². The highest BCUT2D eigenvalue weighted by atomic mass is 32.1. The predicted octanol–water partition coefficient (Wildman–Crippen LogP) is 3.65. The number of aryl methyl sites for hydroxylation is 1. The highest BCUT2D eigenvalue weighted by molar-refractivity contribution is 7.15. The molecule has 1 aliphatic rings. The van der Waals surface area contributed by atoms with Crippen molar-refractivity contribution < 1.29 is 0 Å². The number of piperidine rings is 1. The summed E-state index contributed by atoms with van der Waals surface area (Å²) in [5.41, 5.74) is 2.55. The molecule has 0 aromatic carbocycles. The van der Waals surface area contributed by atoms with Gasteiger partial charge in [-0.15, -0.1) is 11.3 Å². The molecule has 1 fully saturated rings. The van der Waals surface area contributed by atoms with Crippen LogP contribution in [0.4, 0.5) is 0 Å². The molecule has 0 spiro atoms. The van der Waals surface area contributed by atoms with Gasteiger partial charge in [0, 0.05) is 36.3 Å². The van der Waals surface area contributed by atoms with E-state index in [1.165, 1.54) is 23.4 Å². The minimum absolute atomic E-state index is 0.122. The van der Waals surface area contributed by atoms with Crippen LogP contribution in [0.3, 0.4) is 0 Å². The van der Waals surface area contributed by atoms with Gasteiger partial charge in [0.15, 0.2) is 0 Å². The molecule has 0 saturated carbocycles. The van der Waals surface area contributed by atoms with Crippen LogP contribution >= 0.6 is 11.3 Å². The highest BCUT2D eigenvalue weighted by Gasteiger charge is 2.36. The van der Waals surface area contributed by atoms with Crippen LogP contribution < -0.4 is 0 Å². The zero-order valence-corrected chi connectivity index (χ0v) is 14.5. The molecule has 0 bridgehead atoms. The third-order valence-corrected chi connectivity index (χ3v) is 5.76. The zero-order valence-electron chi connectivity index (χ0n) is 13.7.